The molecule has 170 valence electrons. The summed E-state index contributed by atoms with van der Waals surface area (Å²) in [7, 11) is 0. The molecule has 3 fully saturated rings. The summed E-state index contributed by atoms with van der Waals surface area (Å²) in [6, 6.07) is 11.4. The van der Waals surface area contributed by atoms with E-state index >= 15 is 0 Å². The van der Waals surface area contributed by atoms with E-state index in [0.717, 1.165) is 45.3 Å². The second-order valence-electron chi connectivity index (χ2n) is 10.3. The van der Waals surface area contributed by atoms with Gasteiger partial charge in [0.25, 0.3) is 0 Å². The number of nitrogens with zero attached hydrogens (tertiary/aromatic N) is 3. The van der Waals surface area contributed by atoms with Gasteiger partial charge in [0.1, 0.15) is 5.60 Å². The molecule has 1 aromatic rings. The molecule has 0 saturated carbocycles. The highest BCUT2D eigenvalue weighted by molar-refractivity contribution is 5.81. The zero-order valence-electron chi connectivity index (χ0n) is 19.3. The average molecular weight is 428 g/mol. The van der Waals surface area contributed by atoms with Gasteiger partial charge in [-0.25, -0.2) is 4.79 Å². The quantitative estimate of drug-likeness (QED) is 0.731. The smallest absolute Gasteiger partial charge is 0.410 e. The van der Waals surface area contributed by atoms with Crippen molar-refractivity contribution in [3.05, 3.63) is 35.9 Å². The highest BCUT2D eigenvalue weighted by Gasteiger charge is 2.43. The molecule has 3 saturated heterocycles. The summed E-state index contributed by atoms with van der Waals surface area (Å²) < 4.78 is 5.50. The molecule has 3 aliphatic rings. The van der Waals surface area contributed by atoms with Gasteiger partial charge >= 0.3 is 6.09 Å². The number of ether oxygens (including phenoxy) is 1. The number of amides is 2. The molecule has 3 aliphatic heterocycles. The first-order valence-electron chi connectivity index (χ1n) is 11.9. The number of hydrogen-bond acceptors (Lipinski definition) is 4. The maximum absolute atomic E-state index is 13.5. The second-order valence-corrected chi connectivity index (χ2v) is 10.3. The Morgan fingerprint density at radius 1 is 0.968 bits per heavy atom. The van der Waals surface area contributed by atoms with Crippen LogP contribution >= 0.6 is 0 Å². The lowest BCUT2D eigenvalue weighted by Gasteiger charge is -2.36. The Morgan fingerprint density at radius 3 is 2.42 bits per heavy atom. The molecule has 0 bridgehead atoms. The van der Waals surface area contributed by atoms with Gasteiger partial charge in [-0.15, -0.1) is 0 Å². The van der Waals surface area contributed by atoms with Gasteiger partial charge in [-0.2, -0.15) is 0 Å². The van der Waals surface area contributed by atoms with E-state index in [1.54, 1.807) is 4.90 Å². The topological polar surface area (TPSA) is 53.1 Å². The molecule has 0 N–H and O–H groups in total. The van der Waals surface area contributed by atoms with Crippen molar-refractivity contribution in [2.45, 2.75) is 77.1 Å². The van der Waals surface area contributed by atoms with E-state index in [9.17, 15) is 9.59 Å². The minimum Gasteiger partial charge on any atom is -0.444 e. The Balaban J connectivity index is 1.38. The molecule has 31 heavy (non-hydrogen) atoms. The molecule has 0 aromatic heterocycles. The Hall–Kier alpha value is -2.08. The fourth-order valence-electron chi connectivity index (χ4n) is 5.46. The first-order valence-corrected chi connectivity index (χ1v) is 11.9. The predicted octanol–water partition coefficient (Wildman–Crippen LogP) is 3.90. The summed E-state index contributed by atoms with van der Waals surface area (Å²) in [5.74, 6) is 0.136. The molecule has 2 amide bonds. The van der Waals surface area contributed by atoms with Crippen molar-refractivity contribution in [3.63, 3.8) is 0 Å². The third-order valence-corrected chi connectivity index (χ3v) is 6.86. The van der Waals surface area contributed by atoms with Gasteiger partial charge in [0.05, 0.1) is 5.92 Å². The van der Waals surface area contributed by atoms with Crippen LogP contribution in [0.5, 0.6) is 0 Å². The van der Waals surface area contributed by atoms with E-state index in [-0.39, 0.29) is 17.9 Å². The summed E-state index contributed by atoms with van der Waals surface area (Å²) >= 11 is 0. The maximum Gasteiger partial charge on any atom is 0.410 e. The first kappa shape index (κ1) is 22.1. The van der Waals surface area contributed by atoms with E-state index in [4.69, 9.17) is 4.74 Å². The van der Waals surface area contributed by atoms with Crippen molar-refractivity contribution in [1.82, 2.24) is 14.7 Å². The van der Waals surface area contributed by atoms with Crippen LogP contribution in [0.15, 0.2) is 30.3 Å². The van der Waals surface area contributed by atoms with E-state index in [1.807, 2.05) is 20.8 Å². The Bertz CT molecular complexity index is 776. The maximum atomic E-state index is 13.5. The number of carbonyl (C=O) groups is 2. The molecule has 1 aromatic carbocycles. The molecule has 3 atom stereocenters. The Kier molecular flexibility index (Phi) is 6.56. The SMILES string of the molecule is CC(C)(C)OC(=O)N1CCC(C(=O)N2CCCC2C2CCCN2Cc2ccccc2)C1. The molecule has 3 unspecified atom stereocenters. The fraction of sp³-hybridized carbons (Fsp3) is 0.680. The van der Waals surface area contributed by atoms with Gasteiger partial charge < -0.3 is 14.5 Å². The molecule has 0 aliphatic carbocycles. The molecule has 4 rings (SSSR count). The second kappa shape index (κ2) is 9.19. The van der Waals surface area contributed by atoms with E-state index in [0.29, 0.717) is 25.2 Å². The van der Waals surface area contributed by atoms with E-state index < -0.39 is 5.60 Å². The van der Waals surface area contributed by atoms with Crippen molar-refractivity contribution in [2.24, 2.45) is 5.92 Å². The van der Waals surface area contributed by atoms with Crippen molar-refractivity contribution < 1.29 is 14.3 Å². The van der Waals surface area contributed by atoms with Crippen LogP contribution in [0.25, 0.3) is 0 Å². The van der Waals surface area contributed by atoms with Gasteiger partial charge in [-0.1, -0.05) is 30.3 Å². The lowest BCUT2D eigenvalue weighted by molar-refractivity contribution is -0.137. The zero-order valence-corrected chi connectivity index (χ0v) is 19.3. The van der Waals surface area contributed by atoms with Gasteiger partial charge in [0.2, 0.25) is 5.91 Å². The van der Waals surface area contributed by atoms with Gasteiger partial charge in [-0.3, -0.25) is 9.69 Å². The van der Waals surface area contributed by atoms with Crippen molar-refractivity contribution in [2.75, 3.05) is 26.2 Å². The first-order chi connectivity index (χ1) is 14.8. The highest BCUT2D eigenvalue weighted by Crippen LogP contribution is 2.33. The lowest BCUT2D eigenvalue weighted by atomic mass is 10.0. The Morgan fingerprint density at radius 2 is 1.68 bits per heavy atom. The van der Waals surface area contributed by atoms with Crippen LogP contribution in [0.3, 0.4) is 0 Å². The van der Waals surface area contributed by atoms with Crippen molar-refractivity contribution >= 4 is 12.0 Å². The van der Waals surface area contributed by atoms with Crippen LogP contribution in [0, 0.1) is 5.92 Å². The van der Waals surface area contributed by atoms with E-state index in [1.165, 1.54) is 12.0 Å². The summed E-state index contributed by atoms with van der Waals surface area (Å²) in [5, 5.41) is 0. The fourth-order valence-corrected chi connectivity index (χ4v) is 5.46. The molecule has 6 heteroatoms. The summed E-state index contributed by atoms with van der Waals surface area (Å²) in [5.41, 5.74) is 0.832. The minimum atomic E-state index is -0.510. The number of carbonyl (C=O) groups excluding carboxylic acids is 2. The number of rotatable bonds is 4. The predicted molar refractivity (Wildman–Crippen MR) is 121 cm³/mol. The average Bonchev–Trinajstić information content (AvgIpc) is 3.47. The van der Waals surface area contributed by atoms with Crippen LogP contribution in [0.2, 0.25) is 0 Å². The minimum absolute atomic E-state index is 0.0999. The van der Waals surface area contributed by atoms with Crippen LogP contribution in [-0.4, -0.2) is 70.6 Å². The van der Waals surface area contributed by atoms with Crippen molar-refractivity contribution in [3.8, 4) is 0 Å². The molecule has 6 nitrogen and oxygen atoms in total. The summed E-state index contributed by atoms with van der Waals surface area (Å²) in [4.78, 5) is 32.3. The van der Waals surface area contributed by atoms with Gasteiger partial charge in [-0.05, 0) is 65.0 Å². The third kappa shape index (κ3) is 5.22. The van der Waals surface area contributed by atoms with Crippen LogP contribution in [0.1, 0.15) is 58.4 Å². The largest absolute Gasteiger partial charge is 0.444 e. The standard InChI is InChI=1S/C25H37N3O3/c1-25(2,3)31-24(30)27-16-13-20(18-27)23(29)28-15-8-12-22(28)21-11-7-14-26(21)17-19-9-5-4-6-10-19/h4-6,9-10,20-22H,7-8,11-18H2,1-3H3. The van der Waals surface area contributed by atoms with E-state index in [2.05, 4.69) is 40.1 Å². The highest BCUT2D eigenvalue weighted by atomic mass is 16.6. The lowest BCUT2D eigenvalue weighted by Crippen LogP contribution is -2.50. The monoisotopic (exact) mass is 427 g/mol. The van der Waals surface area contributed by atoms with Gasteiger partial charge in [0, 0.05) is 38.3 Å². The number of hydrogen-bond donors (Lipinski definition) is 0. The third-order valence-electron chi connectivity index (χ3n) is 6.86. The molecular weight excluding hydrogens is 390 g/mol. The number of likely N-dealkylation sites (tertiary alicyclic amines) is 3. The van der Waals surface area contributed by atoms with Crippen LogP contribution in [-0.2, 0) is 16.1 Å². The summed E-state index contributed by atoms with van der Waals surface area (Å²) in [6.07, 6.45) is 4.96. The summed E-state index contributed by atoms with van der Waals surface area (Å²) in [6.45, 7) is 9.63. The Labute approximate surface area is 186 Å². The van der Waals surface area contributed by atoms with Crippen molar-refractivity contribution in [1.29, 1.82) is 0 Å². The van der Waals surface area contributed by atoms with Crippen LogP contribution in [0.4, 0.5) is 4.79 Å². The molecule has 3 heterocycles. The zero-order chi connectivity index (χ0) is 22.0. The molecule has 0 radical (unpaired) electrons. The number of benzene rings is 1. The molecule has 0 spiro atoms. The molecular formula is C25H37N3O3. The van der Waals surface area contributed by atoms with Gasteiger partial charge in [0.15, 0.2) is 0 Å². The normalized spacial score (nSPS) is 27.1. The van der Waals surface area contributed by atoms with Crippen LogP contribution < -0.4 is 0 Å².